The number of nitrogens with one attached hydrogen (secondary N) is 1. The molecule has 0 bridgehead atoms. The normalized spacial score (nSPS) is 13.0. The van der Waals surface area contributed by atoms with Crippen LogP contribution in [0.5, 0.6) is 0 Å². The number of hydrogen-bond acceptors (Lipinski definition) is 4. The molecule has 0 saturated carbocycles. The fraction of sp³-hybridized carbons (Fsp3) is 0.300. The van der Waals surface area contributed by atoms with Gasteiger partial charge in [-0.05, 0) is 37.5 Å². The van der Waals surface area contributed by atoms with E-state index in [4.69, 9.17) is 0 Å². The number of nitrogens with zero attached hydrogens (tertiary/aromatic N) is 2. The van der Waals surface area contributed by atoms with Crippen molar-refractivity contribution < 1.29 is 14.5 Å². The lowest BCUT2D eigenvalue weighted by Gasteiger charge is -2.29. The van der Waals surface area contributed by atoms with Gasteiger partial charge in [0.2, 0.25) is 11.8 Å². The standard InChI is InChI=1S/C20H21N3O4/c1-14-8-9-17-15(13-14)5-4-12-22(17)20(25)11-10-19(24)21-16-6-2-3-7-18(16)23(26)27/h2-3,6-9,13H,4-5,10-12H2,1H3,(H,21,24). The number of rotatable bonds is 5. The van der Waals surface area contributed by atoms with E-state index < -0.39 is 10.8 Å². The lowest BCUT2D eigenvalue weighted by Crippen LogP contribution is -2.35. The van der Waals surface area contributed by atoms with Gasteiger partial charge in [0, 0.05) is 31.1 Å². The van der Waals surface area contributed by atoms with Gasteiger partial charge < -0.3 is 10.2 Å². The molecule has 7 heteroatoms. The lowest BCUT2D eigenvalue weighted by molar-refractivity contribution is -0.383. The number of aryl methyl sites for hydroxylation is 2. The molecule has 0 aromatic heterocycles. The summed E-state index contributed by atoms with van der Waals surface area (Å²) in [5, 5.41) is 13.5. The summed E-state index contributed by atoms with van der Waals surface area (Å²) in [6, 6.07) is 12.0. The molecule has 1 aliphatic rings. The Bertz CT molecular complexity index is 895. The minimum Gasteiger partial charge on any atom is -0.320 e. The molecule has 0 radical (unpaired) electrons. The monoisotopic (exact) mass is 367 g/mol. The Balaban J connectivity index is 1.62. The Labute approximate surface area is 157 Å². The predicted octanol–water partition coefficient (Wildman–Crippen LogP) is 3.60. The van der Waals surface area contributed by atoms with Crippen LogP contribution in [0.25, 0.3) is 0 Å². The van der Waals surface area contributed by atoms with Crippen LogP contribution in [-0.4, -0.2) is 23.3 Å². The number of fused-ring (bicyclic) bond motifs is 1. The zero-order valence-electron chi connectivity index (χ0n) is 15.1. The van der Waals surface area contributed by atoms with Crippen LogP contribution in [0.15, 0.2) is 42.5 Å². The van der Waals surface area contributed by atoms with Gasteiger partial charge in [-0.25, -0.2) is 0 Å². The average molecular weight is 367 g/mol. The van der Waals surface area contributed by atoms with Crippen LogP contribution in [0, 0.1) is 17.0 Å². The molecule has 0 fully saturated rings. The number of nitro groups is 1. The van der Waals surface area contributed by atoms with Crippen molar-refractivity contribution in [2.24, 2.45) is 0 Å². The highest BCUT2D eigenvalue weighted by molar-refractivity contribution is 5.99. The quantitative estimate of drug-likeness (QED) is 0.645. The van der Waals surface area contributed by atoms with E-state index in [-0.39, 0.29) is 30.1 Å². The highest BCUT2D eigenvalue weighted by Crippen LogP contribution is 2.29. The summed E-state index contributed by atoms with van der Waals surface area (Å²) in [6.07, 6.45) is 1.87. The van der Waals surface area contributed by atoms with Gasteiger partial charge in [-0.2, -0.15) is 0 Å². The summed E-state index contributed by atoms with van der Waals surface area (Å²) in [4.78, 5) is 37.0. The van der Waals surface area contributed by atoms with Gasteiger partial charge >= 0.3 is 0 Å². The van der Waals surface area contributed by atoms with Crippen molar-refractivity contribution in [3.63, 3.8) is 0 Å². The summed E-state index contributed by atoms with van der Waals surface area (Å²) in [5.41, 5.74) is 3.19. The van der Waals surface area contributed by atoms with E-state index in [2.05, 4.69) is 11.4 Å². The Morgan fingerprint density at radius 2 is 1.96 bits per heavy atom. The van der Waals surface area contributed by atoms with E-state index in [9.17, 15) is 19.7 Å². The Morgan fingerprint density at radius 3 is 2.74 bits per heavy atom. The van der Waals surface area contributed by atoms with E-state index in [1.807, 2.05) is 19.1 Å². The first-order valence-corrected chi connectivity index (χ1v) is 8.89. The first-order chi connectivity index (χ1) is 13.0. The second kappa shape index (κ2) is 7.99. The molecule has 140 valence electrons. The molecule has 1 aliphatic heterocycles. The first-order valence-electron chi connectivity index (χ1n) is 8.89. The first kappa shape index (κ1) is 18.6. The Morgan fingerprint density at radius 1 is 1.19 bits per heavy atom. The fourth-order valence-corrected chi connectivity index (χ4v) is 3.29. The van der Waals surface area contributed by atoms with Crippen molar-refractivity contribution in [3.05, 3.63) is 63.7 Å². The maximum Gasteiger partial charge on any atom is 0.292 e. The third-order valence-corrected chi connectivity index (χ3v) is 4.60. The third-order valence-electron chi connectivity index (χ3n) is 4.60. The van der Waals surface area contributed by atoms with Gasteiger partial charge in [0.15, 0.2) is 0 Å². The maximum absolute atomic E-state index is 12.6. The van der Waals surface area contributed by atoms with Crippen molar-refractivity contribution >= 4 is 28.9 Å². The van der Waals surface area contributed by atoms with Gasteiger partial charge in [0.1, 0.15) is 5.69 Å². The third kappa shape index (κ3) is 4.31. The maximum atomic E-state index is 12.6. The van der Waals surface area contributed by atoms with E-state index in [1.54, 1.807) is 11.0 Å². The molecule has 2 aromatic carbocycles. The molecule has 2 amide bonds. The van der Waals surface area contributed by atoms with Gasteiger partial charge in [-0.3, -0.25) is 19.7 Å². The molecular weight excluding hydrogens is 346 g/mol. The van der Waals surface area contributed by atoms with Crippen molar-refractivity contribution in [1.29, 1.82) is 0 Å². The fourth-order valence-electron chi connectivity index (χ4n) is 3.29. The number of hydrogen-bond donors (Lipinski definition) is 1. The Hall–Kier alpha value is -3.22. The van der Waals surface area contributed by atoms with Crippen LogP contribution in [0.2, 0.25) is 0 Å². The van der Waals surface area contributed by atoms with E-state index in [1.165, 1.54) is 18.2 Å². The van der Waals surface area contributed by atoms with Crippen LogP contribution >= 0.6 is 0 Å². The SMILES string of the molecule is Cc1ccc2c(c1)CCCN2C(=O)CCC(=O)Nc1ccccc1[N+](=O)[O-]. The summed E-state index contributed by atoms with van der Waals surface area (Å²) in [6.45, 7) is 2.66. The van der Waals surface area contributed by atoms with Crippen LogP contribution in [0.1, 0.15) is 30.4 Å². The molecule has 0 aliphatic carbocycles. The highest BCUT2D eigenvalue weighted by atomic mass is 16.6. The zero-order valence-corrected chi connectivity index (χ0v) is 15.1. The number of nitro benzene ring substituents is 1. The molecule has 27 heavy (non-hydrogen) atoms. The summed E-state index contributed by atoms with van der Waals surface area (Å²) < 4.78 is 0. The number of carbonyl (C=O) groups excluding carboxylic acids is 2. The number of para-hydroxylation sites is 2. The molecule has 0 saturated heterocycles. The van der Waals surface area contributed by atoms with Crippen molar-refractivity contribution in [1.82, 2.24) is 0 Å². The van der Waals surface area contributed by atoms with Crippen molar-refractivity contribution in [2.75, 3.05) is 16.8 Å². The molecule has 3 rings (SSSR count). The Kier molecular flexibility index (Phi) is 5.49. The molecule has 0 atom stereocenters. The molecule has 1 heterocycles. The number of anilines is 2. The zero-order chi connectivity index (χ0) is 19.4. The molecule has 0 spiro atoms. The van der Waals surface area contributed by atoms with Gasteiger partial charge in [-0.1, -0.05) is 29.8 Å². The minimum atomic E-state index is -0.548. The average Bonchev–Trinajstić information content (AvgIpc) is 2.65. The lowest BCUT2D eigenvalue weighted by atomic mass is 9.99. The van der Waals surface area contributed by atoms with Gasteiger partial charge in [-0.15, -0.1) is 0 Å². The molecule has 2 aromatic rings. The topological polar surface area (TPSA) is 92.6 Å². The van der Waals surface area contributed by atoms with E-state index in [0.717, 1.165) is 29.7 Å². The summed E-state index contributed by atoms with van der Waals surface area (Å²) in [5.74, 6) is -0.531. The van der Waals surface area contributed by atoms with Crippen LogP contribution < -0.4 is 10.2 Å². The second-order valence-electron chi connectivity index (χ2n) is 6.60. The molecule has 0 unspecified atom stereocenters. The van der Waals surface area contributed by atoms with E-state index in [0.29, 0.717) is 6.54 Å². The van der Waals surface area contributed by atoms with Gasteiger partial charge in [0.05, 0.1) is 4.92 Å². The molecular formula is C20H21N3O4. The van der Waals surface area contributed by atoms with Crippen molar-refractivity contribution in [3.8, 4) is 0 Å². The second-order valence-corrected chi connectivity index (χ2v) is 6.60. The van der Waals surface area contributed by atoms with Crippen molar-refractivity contribution in [2.45, 2.75) is 32.6 Å². The number of carbonyl (C=O) groups is 2. The largest absolute Gasteiger partial charge is 0.320 e. The highest BCUT2D eigenvalue weighted by Gasteiger charge is 2.23. The molecule has 7 nitrogen and oxygen atoms in total. The van der Waals surface area contributed by atoms with E-state index >= 15 is 0 Å². The number of benzene rings is 2. The predicted molar refractivity (Wildman–Crippen MR) is 103 cm³/mol. The summed E-state index contributed by atoms with van der Waals surface area (Å²) >= 11 is 0. The summed E-state index contributed by atoms with van der Waals surface area (Å²) in [7, 11) is 0. The molecule has 1 N–H and O–H groups in total. The number of amides is 2. The smallest absolute Gasteiger partial charge is 0.292 e. The van der Waals surface area contributed by atoms with Crippen LogP contribution in [-0.2, 0) is 16.0 Å². The van der Waals surface area contributed by atoms with Gasteiger partial charge in [0.25, 0.3) is 5.69 Å². The van der Waals surface area contributed by atoms with Crippen LogP contribution in [0.3, 0.4) is 0 Å². The van der Waals surface area contributed by atoms with Crippen LogP contribution in [0.4, 0.5) is 17.1 Å². The minimum absolute atomic E-state index is 0.0252.